The van der Waals surface area contributed by atoms with Crippen LogP contribution >= 0.6 is 0 Å². The fourth-order valence-electron chi connectivity index (χ4n) is 3.90. The maximum atomic E-state index is 13.0. The third kappa shape index (κ3) is 5.07. The molecule has 4 heterocycles. The molecule has 174 valence electrons. The average molecular weight is 453 g/mol. The number of anilines is 1. The molecule has 1 saturated carbocycles. The summed E-state index contributed by atoms with van der Waals surface area (Å²) in [5, 5.41) is 7.05. The maximum absolute atomic E-state index is 13.0. The molecule has 1 amide bonds. The van der Waals surface area contributed by atoms with Crippen LogP contribution in [0.25, 0.3) is 10.9 Å². The third-order valence-corrected chi connectivity index (χ3v) is 6.11. The Bertz CT molecular complexity index is 1200. The molecule has 3 aromatic heterocycles. The number of ether oxygens (including phenoxy) is 2. The fraction of sp³-hybridized carbons (Fsp3) is 0.478. The second kappa shape index (κ2) is 9.32. The summed E-state index contributed by atoms with van der Waals surface area (Å²) in [5.74, 6) is 0.575. The molecule has 3 aromatic rings. The summed E-state index contributed by atoms with van der Waals surface area (Å²) >= 11 is 0. The first kappa shape index (κ1) is 21.6. The first-order chi connectivity index (χ1) is 16.1. The van der Waals surface area contributed by atoms with E-state index in [9.17, 15) is 9.59 Å². The predicted molar refractivity (Wildman–Crippen MR) is 122 cm³/mol. The van der Waals surface area contributed by atoms with Crippen molar-refractivity contribution >= 4 is 22.6 Å². The Hall–Kier alpha value is -3.24. The highest BCUT2D eigenvalue weighted by atomic mass is 16.5. The summed E-state index contributed by atoms with van der Waals surface area (Å²) < 4.78 is 12.9. The number of aryl methyl sites for hydroxylation is 1. The highest BCUT2D eigenvalue weighted by Gasteiger charge is 2.32. The Morgan fingerprint density at radius 2 is 2.18 bits per heavy atom. The van der Waals surface area contributed by atoms with E-state index in [1.165, 1.54) is 17.4 Å². The molecule has 33 heavy (non-hydrogen) atoms. The quantitative estimate of drug-likeness (QED) is 0.448. The summed E-state index contributed by atoms with van der Waals surface area (Å²) in [6, 6.07) is 3.72. The zero-order valence-corrected chi connectivity index (χ0v) is 18.5. The Morgan fingerprint density at radius 1 is 1.30 bits per heavy atom. The summed E-state index contributed by atoms with van der Waals surface area (Å²) in [7, 11) is 0. The maximum Gasteiger partial charge on any atom is 0.293 e. The van der Waals surface area contributed by atoms with Gasteiger partial charge in [0.05, 0.1) is 43.2 Å². The van der Waals surface area contributed by atoms with E-state index in [-0.39, 0.29) is 42.5 Å². The summed E-state index contributed by atoms with van der Waals surface area (Å²) in [6.07, 6.45) is 7.49. The number of aromatic nitrogens is 4. The van der Waals surface area contributed by atoms with E-state index >= 15 is 0 Å². The molecule has 10 nitrogen and oxygen atoms in total. The molecule has 2 aliphatic rings. The number of H-pyrrole nitrogens is 1. The van der Waals surface area contributed by atoms with Crippen LogP contribution in [0.15, 0.2) is 35.5 Å². The lowest BCUT2D eigenvalue weighted by molar-refractivity contribution is -0.121. The van der Waals surface area contributed by atoms with Gasteiger partial charge in [-0.25, -0.2) is 4.98 Å². The van der Waals surface area contributed by atoms with Gasteiger partial charge < -0.3 is 25.1 Å². The number of hydrogen-bond acceptors (Lipinski definition) is 7. The van der Waals surface area contributed by atoms with Crippen molar-refractivity contribution in [3.05, 3.63) is 52.5 Å². The lowest BCUT2D eigenvalue weighted by atomic mass is 10.2. The highest BCUT2D eigenvalue weighted by molar-refractivity contribution is 5.79. The van der Waals surface area contributed by atoms with Gasteiger partial charge in [0, 0.05) is 30.1 Å². The first-order valence-electron chi connectivity index (χ1n) is 11.3. The summed E-state index contributed by atoms with van der Waals surface area (Å²) in [6.45, 7) is 3.61. The van der Waals surface area contributed by atoms with Crippen molar-refractivity contribution in [3.8, 4) is 0 Å². The zero-order valence-electron chi connectivity index (χ0n) is 18.5. The van der Waals surface area contributed by atoms with Crippen LogP contribution in [0.2, 0.25) is 0 Å². The SMILES string of the molecule is Cc1cnc(N[C@H]2COCC2OCC2CC2)c(=O)n1CC(=O)NCc1cc2cc[nH]c2cn1. The smallest absolute Gasteiger partial charge is 0.293 e. The van der Waals surface area contributed by atoms with Gasteiger partial charge in [0.15, 0.2) is 5.82 Å². The molecule has 1 saturated heterocycles. The van der Waals surface area contributed by atoms with Crippen molar-refractivity contribution in [3.63, 3.8) is 0 Å². The van der Waals surface area contributed by atoms with Crippen LogP contribution < -0.4 is 16.2 Å². The Kier molecular flexibility index (Phi) is 6.10. The minimum absolute atomic E-state index is 0.100. The summed E-state index contributed by atoms with van der Waals surface area (Å²) in [4.78, 5) is 37.3. The molecule has 1 unspecified atom stereocenters. The van der Waals surface area contributed by atoms with Gasteiger partial charge in [0.1, 0.15) is 12.6 Å². The Balaban J connectivity index is 1.21. The predicted octanol–water partition coefficient (Wildman–Crippen LogP) is 1.35. The number of nitrogens with one attached hydrogen (secondary N) is 3. The molecule has 0 spiro atoms. The molecule has 1 aliphatic heterocycles. The van der Waals surface area contributed by atoms with E-state index in [4.69, 9.17) is 9.47 Å². The molecule has 1 aliphatic carbocycles. The van der Waals surface area contributed by atoms with Gasteiger partial charge >= 0.3 is 0 Å². The van der Waals surface area contributed by atoms with Gasteiger partial charge in [-0.3, -0.25) is 19.1 Å². The largest absolute Gasteiger partial charge is 0.376 e. The van der Waals surface area contributed by atoms with E-state index in [1.807, 2.05) is 18.3 Å². The second-order valence-corrected chi connectivity index (χ2v) is 8.76. The number of rotatable bonds is 9. The van der Waals surface area contributed by atoms with Crippen LogP contribution in [-0.4, -0.2) is 57.4 Å². The van der Waals surface area contributed by atoms with Gasteiger partial charge in [0.2, 0.25) is 5.91 Å². The third-order valence-electron chi connectivity index (χ3n) is 6.11. The van der Waals surface area contributed by atoms with E-state index in [0.717, 1.165) is 23.2 Å². The zero-order chi connectivity index (χ0) is 22.8. The number of carbonyl (C=O) groups excluding carboxylic acids is 1. The number of amides is 1. The monoisotopic (exact) mass is 452 g/mol. The molecule has 3 N–H and O–H groups in total. The van der Waals surface area contributed by atoms with Crippen molar-refractivity contribution in [2.75, 3.05) is 25.1 Å². The van der Waals surface area contributed by atoms with Gasteiger partial charge in [-0.1, -0.05) is 0 Å². The van der Waals surface area contributed by atoms with Gasteiger partial charge in [-0.05, 0) is 37.8 Å². The molecular formula is C23H28N6O4. The lowest BCUT2D eigenvalue weighted by Crippen LogP contribution is -2.39. The van der Waals surface area contributed by atoms with E-state index in [0.29, 0.717) is 24.8 Å². The van der Waals surface area contributed by atoms with Crippen LogP contribution in [0.3, 0.4) is 0 Å². The number of fused-ring (bicyclic) bond motifs is 1. The molecule has 2 fully saturated rings. The fourth-order valence-corrected chi connectivity index (χ4v) is 3.90. The molecular weight excluding hydrogens is 424 g/mol. The van der Waals surface area contributed by atoms with Gasteiger partial charge in [0.25, 0.3) is 5.56 Å². The van der Waals surface area contributed by atoms with E-state index in [1.54, 1.807) is 19.3 Å². The van der Waals surface area contributed by atoms with Crippen molar-refractivity contribution in [2.24, 2.45) is 5.92 Å². The highest BCUT2D eigenvalue weighted by Crippen LogP contribution is 2.30. The molecule has 0 radical (unpaired) electrons. The Morgan fingerprint density at radius 3 is 3.03 bits per heavy atom. The van der Waals surface area contributed by atoms with Crippen molar-refractivity contribution in [1.82, 2.24) is 24.8 Å². The molecule has 2 atom stereocenters. The number of pyridine rings is 1. The minimum atomic E-state index is -0.343. The molecule has 10 heteroatoms. The van der Waals surface area contributed by atoms with Crippen LogP contribution in [0.5, 0.6) is 0 Å². The molecule has 5 rings (SSSR count). The number of aromatic amines is 1. The first-order valence-corrected chi connectivity index (χ1v) is 11.3. The van der Waals surface area contributed by atoms with Crippen molar-refractivity contribution < 1.29 is 14.3 Å². The summed E-state index contributed by atoms with van der Waals surface area (Å²) in [5.41, 5.74) is 1.95. The van der Waals surface area contributed by atoms with Crippen molar-refractivity contribution in [2.45, 2.75) is 45.0 Å². The Labute approximate surface area is 190 Å². The lowest BCUT2D eigenvalue weighted by Gasteiger charge is -2.20. The molecule has 0 bridgehead atoms. The van der Waals surface area contributed by atoms with Crippen LogP contribution in [-0.2, 0) is 27.4 Å². The van der Waals surface area contributed by atoms with Gasteiger partial charge in [-0.2, -0.15) is 0 Å². The number of carbonyl (C=O) groups is 1. The van der Waals surface area contributed by atoms with Crippen LogP contribution in [0, 0.1) is 12.8 Å². The second-order valence-electron chi connectivity index (χ2n) is 8.76. The number of hydrogen-bond donors (Lipinski definition) is 3. The molecule has 0 aromatic carbocycles. The topological polar surface area (TPSA) is 123 Å². The van der Waals surface area contributed by atoms with Crippen molar-refractivity contribution in [1.29, 1.82) is 0 Å². The average Bonchev–Trinajstić information content (AvgIpc) is 3.34. The number of nitrogens with zero attached hydrogens (tertiary/aromatic N) is 3. The van der Waals surface area contributed by atoms with E-state index < -0.39 is 0 Å². The minimum Gasteiger partial charge on any atom is -0.376 e. The van der Waals surface area contributed by atoms with Crippen LogP contribution in [0.4, 0.5) is 5.82 Å². The van der Waals surface area contributed by atoms with Crippen LogP contribution in [0.1, 0.15) is 24.2 Å². The van der Waals surface area contributed by atoms with E-state index in [2.05, 4.69) is 25.6 Å². The standard InChI is InChI=1S/C23H28N6O4/c1-14-7-27-22(28-19-12-32-13-20(19)33-11-15-2-3-15)23(31)29(14)10-21(30)26-8-17-6-16-4-5-24-18(16)9-25-17/h4-7,9,15,19-20,24H,2-3,8,10-13H2,1H3,(H,26,30)(H,27,28)/t19-,20?/m0/s1. The van der Waals surface area contributed by atoms with Gasteiger partial charge in [-0.15, -0.1) is 0 Å². The normalized spacial score (nSPS) is 20.3.